The number of rotatable bonds is 6. The van der Waals surface area contributed by atoms with Gasteiger partial charge in [-0.25, -0.2) is 0 Å². The van der Waals surface area contributed by atoms with E-state index in [-0.39, 0.29) is 5.91 Å². The highest BCUT2D eigenvalue weighted by molar-refractivity contribution is 5.97. The van der Waals surface area contributed by atoms with Gasteiger partial charge in [-0.2, -0.15) is 0 Å². The Morgan fingerprint density at radius 1 is 1.21 bits per heavy atom. The van der Waals surface area contributed by atoms with Gasteiger partial charge in [-0.15, -0.1) is 0 Å². The predicted molar refractivity (Wildman–Crippen MR) is 80.2 cm³/mol. The molecule has 0 aliphatic carbocycles. The van der Waals surface area contributed by atoms with E-state index in [0.29, 0.717) is 0 Å². The van der Waals surface area contributed by atoms with Crippen molar-refractivity contribution in [1.82, 2.24) is 10.2 Å². The standard InChI is InChI=1S/C15H25N3O/c1-6-16-15(2,3)14(19)17-13-9-7-12(8-10-13)11-18(4)5/h7-10,16H,6,11H2,1-5H3,(H,17,19). The van der Waals surface area contributed by atoms with E-state index in [1.165, 1.54) is 5.56 Å². The van der Waals surface area contributed by atoms with Gasteiger partial charge in [0.2, 0.25) is 5.91 Å². The summed E-state index contributed by atoms with van der Waals surface area (Å²) in [5.41, 5.74) is 1.50. The highest BCUT2D eigenvalue weighted by Crippen LogP contribution is 2.13. The topological polar surface area (TPSA) is 44.4 Å². The minimum absolute atomic E-state index is 0.0188. The Balaban J connectivity index is 2.65. The van der Waals surface area contributed by atoms with Crippen LogP contribution < -0.4 is 10.6 Å². The van der Waals surface area contributed by atoms with Gasteiger partial charge >= 0.3 is 0 Å². The second kappa shape index (κ2) is 6.68. The summed E-state index contributed by atoms with van der Waals surface area (Å²) in [6, 6.07) is 7.96. The van der Waals surface area contributed by atoms with Crippen molar-refractivity contribution in [3.8, 4) is 0 Å². The summed E-state index contributed by atoms with van der Waals surface area (Å²) in [5.74, 6) is -0.0188. The van der Waals surface area contributed by atoms with Crippen molar-refractivity contribution in [3.63, 3.8) is 0 Å². The molecule has 1 aromatic rings. The first-order valence-electron chi connectivity index (χ1n) is 6.65. The fraction of sp³-hybridized carbons (Fsp3) is 0.533. The van der Waals surface area contributed by atoms with Crippen molar-refractivity contribution in [2.75, 3.05) is 26.0 Å². The molecule has 0 radical (unpaired) electrons. The Morgan fingerprint density at radius 2 is 1.79 bits per heavy atom. The molecule has 1 amide bonds. The van der Waals surface area contributed by atoms with Crippen molar-refractivity contribution in [3.05, 3.63) is 29.8 Å². The van der Waals surface area contributed by atoms with Crippen LogP contribution in [0.3, 0.4) is 0 Å². The summed E-state index contributed by atoms with van der Waals surface area (Å²) in [6.07, 6.45) is 0. The number of carbonyl (C=O) groups excluding carboxylic acids is 1. The van der Waals surface area contributed by atoms with Crippen molar-refractivity contribution in [1.29, 1.82) is 0 Å². The van der Waals surface area contributed by atoms with Crippen LogP contribution in [0.1, 0.15) is 26.3 Å². The van der Waals surface area contributed by atoms with Crippen LogP contribution in [0.4, 0.5) is 5.69 Å². The van der Waals surface area contributed by atoms with Gasteiger partial charge < -0.3 is 15.5 Å². The molecule has 1 rings (SSSR count). The molecule has 4 nitrogen and oxygen atoms in total. The number of amides is 1. The molecule has 1 aromatic carbocycles. The van der Waals surface area contributed by atoms with Crippen molar-refractivity contribution >= 4 is 11.6 Å². The number of nitrogens with one attached hydrogen (secondary N) is 2. The average Bonchev–Trinajstić information content (AvgIpc) is 2.30. The lowest BCUT2D eigenvalue weighted by atomic mass is 10.0. The summed E-state index contributed by atoms with van der Waals surface area (Å²) >= 11 is 0. The highest BCUT2D eigenvalue weighted by atomic mass is 16.2. The van der Waals surface area contributed by atoms with Crippen LogP contribution in [0.15, 0.2) is 24.3 Å². The van der Waals surface area contributed by atoms with Gasteiger partial charge in [0.1, 0.15) is 0 Å². The highest BCUT2D eigenvalue weighted by Gasteiger charge is 2.25. The molecule has 106 valence electrons. The lowest BCUT2D eigenvalue weighted by Gasteiger charge is -2.24. The van der Waals surface area contributed by atoms with Gasteiger partial charge in [-0.05, 0) is 52.2 Å². The molecule has 0 aliphatic rings. The van der Waals surface area contributed by atoms with Crippen LogP contribution in [0.2, 0.25) is 0 Å². The fourth-order valence-electron chi connectivity index (χ4n) is 1.87. The quantitative estimate of drug-likeness (QED) is 0.826. The molecule has 0 aromatic heterocycles. The Morgan fingerprint density at radius 3 is 2.26 bits per heavy atom. The van der Waals surface area contributed by atoms with E-state index in [4.69, 9.17) is 0 Å². The lowest BCUT2D eigenvalue weighted by molar-refractivity contribution is -0.121. The first-order valence-corrected chi connectivity index (χ1v) is 6.65. The zero-order chi connectivity index (χ0) is 14.5. The molecule has 0 unspecified atom stereocenters. The molecule has 0 heterocycles. The normalized spacial score (nSPS) is 11.7. The fourth-order valence-corrected chi connectivity index (χ4v) is 1.87. The van der Waals surface area contributed by atoms with Gasteiger partial charge in [0.05, 0.1) is 5.54 Å². The lowest BCUT2D eigenvalue weighted by Crippen LogP contribution is -2.49. The maximum absolute atomic E-state index is 12.1. The number of hydrogen-bond acceptors (Lipinski definition) is 3. The molecule has 4 heteroatoms. The summed E-state index contributed by atoms with van der Waals surface area (Å²) < 4.78 is 0. The van der Waals surface area contributed by atoms with Crippen molar-refractivity contribution < 1.29 is 4.79 Å². The summed E-state index contributed by atoms with van der Waals surface area (Å²) in [6.45, 7) is 7.42. The average molecular weight is 263 g/mol. The van der Waals surface area contributed by atoms with Crippen LogP contribution in [0, 0.1) is 0 Å². The number of hydrogen-bond donors (Lipinski definition) is 2. The molecule has 19 heavy (non-hydrogen) atoms. The Labute approximate surface area is 116 Å². The van der Waals surface area contributed by atoms with Gasteiger partial charge in [0, 0.05) is 12.2 Å². The van der Waals surface area contributed by atoms with Gasteiger partial charge in [-0.3, -0.25) is 4.79 Å². The summed E-state index contributed by atoms with van der Waals surface area (Å²) in [5, 5.41) is 6.09. The molecule has 0 fully saturated rings. The zero-order valence-electron chi connectivity index (χ0n) is 12.6. The van der Waals surface area contributed by atoms with Crippen LogP contribution in [-0.4, -0.2) is 37.0 Å². The molecule has 0 saturated heterocycles. The van der Waals surface area contributed by atoms with E-state index in [2.05, 4.69) is 15.5 Å². The molecular formula is C15H25N3O. The minimum Gasteiger partial charge on any atom is -0.325 e. The SMILES string of the molecule is CCNC(C)(C)C(=O)Nc1ccc(CN(C)C)cc1. The van der Waals surface area contributed by atoms with Crippen molar-refractivity contribution in [2.45, 2.75) is 32.9 Å². The van der Waals surface area contributed by atoms with E-state index >= 15 is 0 Å². The second-order valence-corrected chi connectivity index (χ2v) is 5.54. The number of likely N-dealkylation sites (N-methyl/N-ethyl adjacent to an activating group) is 1. The molecular weight excluding hydrogens is 238 g/mol. The first-order chi connectivity index (χ1) is 8.85. The smallest absolute Gasteiger partial charge is 0.244 e. The van der Waals surface area contributed by atoms with E-state index < -0.39 is 5.54 Å². The molecule has 0 saturated carbocycles. The predicted octanol–water partition coefficient (Wildman–Crippen LogP) is 2.07. The number of benzene rings is 1. The Kier molecular flexibility index (Phi) is 5.51. The van der Waals surface area contributed by atoms with E-state index in [9.17, 15) is 4.79 Å². The zero-order valence-corrected chi connectivity index (χ0v) is 12.6. The number of anilines is 1. The minimum atomic E-state index is -0.558. The maximum atomic E-state index is 12.1. The van der Waals surface area contributed by atoms with Gasteiger partial charge in [0.25, 0.3) is 0 Å². The van der Waals surface area contributed by atoms with Gasteiger partial charge in [0.15, 0.2) is 0 Å². The van der Waals surface area contributed by atoms with Crippen LogP contribution in [0.5, 0.6) is 0 Å². The largest absolute Gasteiger partial charge is 0.325 e. The monoisotopic (exact) mass is 263 g/mol. The molecule has 2 N–H and O–H groups in total. The number of nitrogens with zero attached hydrogens (tertiary/aromatic N) is 1. The van der Waals surface area contributed by atoms with Gasteiger partial charge in [-0.1, -0.05) is 19.1 Å². The van der Waals surface area contributed by atoms with Crippen LogP contribution in [0.25, 0.3) is 0 Å². The third-order valence-electron chi connectivity index (χ3n) is 2.90. The third kappa shape index (κ3) is 5.01. The molecule has 0 atom stereocenters. The molecule has 0 spiro atoms. The molecule has 0 aliphatic heterocycles. The number of carbonyl (C=O) groups is 1. The first kappa shape index (κ1) is 15.7. The summed E-state index contributed by atoms with van der Waals surface area (Å²) in [7, 11) is 4.07. The summed E-state index contributed by atoms with van der Waals surface area (Å²) in [4.78, 5) is 14.2. The Bertz CT molecular complexity index is 410. The second-order valence-electron chi connectivity index (χ2n) is 5.54. The molecule has 0 bridgehead atoms. The van der Waals surface area contributed by atoms with E-state index in [1.54, 1.807) is 0 Å². The third-order valence-corrected chi connectivity index (χ3v) is 2.90. The Hall–Kier alpha value is -1.39. The van der Waals surface area contributed by atoms with Crippen LogP contribution >= 0.6 is 0 Å². The van der Waals surface area contributed by atoms with Crippen LogP contribution in [-0.2, 0) is 11.3 Å². The van der Waals surface area contributed by atoms with Crippen molar-refractivity contribution in [2.24, 2.45) is 0 Å². The maximum Gasteiger partial charge on any atom is 0.244 e. The van der Waals surface area contributed by atoms with E-state index in [1.807, 2.05) is 59.1 Å². The van der Waals surface area contributed by atoms with E-state index in [0.717, 1.165) is 18.8 Å².